The molecule has 0 saturated heterocycles. The van der Waals surface area contributed by atoms with E-state index in [1.807, 2.05) is 42.6 Å². The maximum Gasteiger partial charge on any atom is 0.318 e. The van der Waals surface area contributed by atoms with Crippen LogP contribution in [0.1, 0.15) is 11.3 Å². The van der Waals surface area contributed by atoms with E-state index in [0.717, 1.165) is 11.3 Å². The van der Waals surface area contributed by atoms with E-state index in [1.165, 1.54) is 16.2 Å². The Morgan fingerprint density at radius 3 is 2.68 bits per heavy atom. The molecule has 3 amide bonds. The van der Waals surface area contributed by atoms with Crippen molar-refractivity contribution in [2.45, 2.75) is 13.5 Å². The number of methoxy groups -OCH3 is 1. The second-order valence-corrected chi connectivity index (χ2v) is 6.26. The Morgan fingerprint density at radius 2 is 2.04 bits per heavy atom. The Balaban J connectivity index is 1.89. The maximum absolute atomic E-state index is 12.4. The molecule has 0 saturated carbocycles. The van der Waals surface area contributed by atoms with Gasteiger partial charge in [-0.1, -0.05) is 30.3 Å². The number of urea groups is 1. The second-order valence-electron chi connectivity index (χ2n) is 5.40. The van der Waals surface area contributed by atoms with Crippen LogP contribution in [0.15, 0.2) is 35.7 Å². The van der Waals surface area contributed by atoms with E-state index in [0.29, 0.717) is 24.8 Å². The number of amides is 3. The van der Waals surface area contributed by atoms with Crippen molar-refractivity contribution in [1.29, 1.82) is 0 Å². The lowest BCUT2D eigenvalue weighted by atomic mass is 10.2. The summed E-state index contributed by atoms with van der Waals surface area (Å²) in [5.74, 6) is -0.291. The van der Waals surface area contributed by atoms with Crippen LogP contribution in [0.2, 0.25) is 0 Å². The number of hydrogen-bond acceptors (Lipinski definition) is 5. The monoisotopic (exact) mass is 362 g/mol. The first-order valence-electron chi connectivity index (χ1n) is 7.86. The standard InChI is InChI=1S/C17H22N4O3S/c1-13-12-25-16(19-13)20-15(22)11-21(8-9-24-2)17(23)18-10-14-6-4-3-5-7-14/h3-7,12H,8-11H2,1-2H3,(H,18,23)(H,19,20,22). The molecule has 0 fully saturated rings. The van der Waals surface area contributed by atoms with E-state index in [9.17, 15) is 9.59 Å². The first-order chi connectivity index (χ1) is 12.1. The van der Waals surface area contributed by atoms with Crippen LogP contribution in [0.4, 0.5) is 9.93 Å². The molecule has 0 aliphatic heterocycles. The van der Waals surface area contributed by atoms with Crippen molar-refractivity contribution in [1.82, 2.24) is 15.2 Å². The molecule has 0 atom stereocenters. The minimum absolute atomic E-state index is 0.0669. The SMILES string of the molecule is COCCN(CC(=O)Nc1nc(C)cs1)C(=O)NCc1ccccc1. The molecule has 1 aromatic carbocycles. The summed E-state index contributed by atoms with van der Waals surface area (Å²) in [4.78, 5) is 30.2. The van der Waals surface area contributed by atoms with Gasteiger partial charge < -0.3 is 20.3 Å². The number of hydrogen-bond donors (Lipinski definition) is 2. The Morgan fingerprint density at radius 1 is 1.28 bits per heavy atom. The molecule has 8 heteroatoms. The number of aromatic nitrogens is 1. The Hall–Kier alpha value is -2.45. The molecular weight excluding hydrogens is 340 g/mol. The topological polar surface area (TPSA) is 83.6 Å². The normalized spacial score (nSPS) is 10.3. The highest BCUT2D eigenvalue weighted by atomic mass is 32.1. The summed E-state index contributed by atoms with van der Waals surface area (Å²) in [7, 11) is 1.55. The highest BCUT2D eigenvalue weighted by Gasteiger charge is 2.17. The van der Waals surface area contributed by atoms with Gasteiger partial charge >= 0.3 is 6.03 Å². The van der Waals surface area contributed by atoms with Crippen molar-refractivity contribution >= 4 is 28.4 Å². The molecule has 0 aliphatic rings. The van der Waals surface area contributed by atoms with Crippen LogP contribution in [0, 0.1) is 6.92 Å². The summed E-state index contributed by atoms with van der Waals surface area (Å²) < 4.78 is 5.02. The van der Waals surface area contributed by atoms with E-state index < -0.39 is 0 Å². The number of ether oxygens (including phenoxy) is 1. The number of thiazole rings is 1. The third-order valence-corrected chi connectivity index (χ3v) is 4.21. The van der Waals surface area contributed by atoms with Crippen LogP contribution in [0.5, 0.6) is 0 Å². The Labute approximate surface area is 151 Å². The molecule has 134 valence electrons. The first kappa shape index (κ1) is 18.9. The summed E-state index contributed by atoms with van der Waals surface area (Å²) in [6.07, 6.45) is 0. The molecule has 7 nitrogen and oxygen atoms in total. The van der Waals surface area contributed by atoms with Crippen molar-refractivity contribution in [3.63, 3.8) is 0 Å². The number of nitrogens with zero attached hydrogens (tertiary/aromatic N) is 2. The van der Waals surface area contributed by atoms with Gasteiger partial charge in [0.05, 0.1) is 12.3 Å². The van der Waals surface area contributed by atoms with Crippen LogP contribution in [-0.2, 0) is 16.1 Å². The average Bonchev–Trinajstić information content (AvgIpc) is 3.02. The predicted octanol–water partition coefficient (Wildman–Crippen LogP) is 2.25. The van der Waals surface area contributed by atoms with E-state index in [1.54, 1.807) is 7.11 Å². The Kier molecular flexibility index (Phi) is 7.36. The van der Waals surface area contributed by atoms with Crippen LogP contribution in [-0.4, -0.2) is 48.6 Å². The summed E-state index contributed by atoms with van der Waals surface area (Å²) >= 11 is 1.35. The molecule has 1 aromatic heterocycles. The largest absolute Gasteiger partial charge is 0.383 e. The van der Waals surface area contributed by atoms with Gasteiger partial charge in [0, 0.05) is 25.6 Å². The zero-order valence-electron chi connectivity index (χ0n) is 14.3. The first-order valence-corrected chi connectivity index (χ1v) is 8.74. The molecule has 25 heavy (non-hydrogen) atoms. The molecule has 1 heterocycles. The van der Waals surface area contributed by atoms with Gasteiger partial charge in [-0.3, -0.25) is 4.79 Å². The zero-order valence-corrected chi connectivity index (χ0v) is 15.1. The number of benzene rings is 1. The minimum Gasteiger partial charge on any atom is -0.383 e. The highest BCUT2D eigenvalue weighted by Crippen LogP contribution is 2.14. The zero-order chi connectivity index (χ0) is 18.1. The van der Waals surface area contributed by atoms with E-state index in [2.05, 4.69) is 15.6 Å². The number of rotatable bonds is 8. The number of anilines is 1. The fourth-order valence-corrected chi connectivity index (χ4v) is 2.79. The fraction of sp³-hybridized carbons (Fsp3) is 0.353. The summed E-state index contributed by atoms with van der Waals surface area (Å²) in [6, 6.07) is 9.28. The summed E-state index contributed by atoms with van der Waals surface area (Å²) in [6.45, 7) is 2.86. The Bertz CT molecular complexity index is 690. The highest BCUT2D eigenvalue weighted by molar-refractivity contribution is 7.13. The average molecular weight is 362 g/mol. The van der Waals surface area contributed by atoms with Gasteiger partial charge in [-0.25, -0.2) is 9.78 Å². The molecule has 0 bridgehead atoms. The van der Waals surface area contributed by atoms with Gasteiger partial charge in [-0.2, -0.15) is 0 Å². The summed E-state index contributed by atoms with van der Waals surface area (Å²) in [5.41, 5.74) is 1.84. The van der Waals surface area contributed by atoms with Crippen molar-refractivity contribution in [2.75, 3.05) is 32.1 Å². The lowest BCUT2D eigenvalue weighted by Crippen LogP contribution is -2.45. The fourth-order valence-electron chi connectivity index (χ4n) is 2.08. The van der Waals surface area contributed by atoms with E-state index in [4.69, 9.17) is 4.74 Å². The van der Waals surface area contributed by atoms with Crippen LogP contribution >= 0.6 is 11.3 Å². The van der Waals surface area contributed by atoms with Gasteiger partial charge in [0.1, 0.15) is 6.54 Å². The smallest absolute Gasteiger partial charge is 0.318 e. The molecular formula is C17H22N4O3S. The van der Waals surface area contributed by atoms with Crippen molar-refractivity contribution in [2.24, 2.45) is 0 Å². The quantitative estimate of drug-likeness (QED) is 0.754. The molecule has 0 radical (unpaired) electrons. The lowest BCUT2D eigenvalue weighted by molar-refractivity contribution is -0.116. The molecule has 0 spiro atoms. The predicted molar refractivity (Wildman–Crippen MR) is 97.6 cm³/mol. The van der Waals surface area contributed by atoms with Crippen molar-refractivity contribution in [3.05, 3.63) is 47.0 Å². The van der Waals surface area contributed by atoms with E-state index in [-0.39, 0.29) is 18.5 Å². The molecule has 2 aromatic rings. The molecule has 0 aliphatic carbocycles. The van der Waals surface area contributed by atoms with Gasteiger partial charge in [-0.15, -0.1) is 11.3 Å². The second kappa shape index (κ2) is 9.75. The number of carbonyl (C=O) groups excluding carboxylic acids is 2. The lowest BCUT2D eigenvalue weighted by Gasteiger charge is -2.22. The summed E-state index contributed by atoms with van der Waals surface area (Å²) in [5, 5.41) is 7.90. The molecule has 0 unspecified atom stereocenters. The molecule has 2 rings (SSSR count). The number of carbonyl (C=O) groups is 2. The van der Waals surface area contributed by atoms with Gasteiger partial charge in [0.25, 0.3) is 0 Å². The number of nitrogens with one attached hydrogen (secondary N) is 2. The van der Waals surface area contributed by atoms with Crippen LogP contribution < -0.4 is 10.6 Å². The van der Waals surface area contributed by atoms with E-state index >= 15 is 0 Å². The van der Waals surface area contributed by atoms with Gasteiger partial charge in [-0.05, 0) is 12.5 Å². The minimum atomic E-state index is -0.314. The van der Waals surface area contributed by atoms with Crippen LogP contribution in [0.3, 0.4) is 0 Å². The maximum atomic E-state index is 12.4. The van der Waals surface area contributed by atoms with Crippen molar-refractivity contribution < 1.29 is 14.3 Å². The van der Waals surface area contributed by atoms with Crippen molar-refractivity contribution in [3.8, 4) is 0 Å². The van der Waals surface area contributed by atoms with Crippen LogP contribution in [0.25, 0.3) is 0 Å². The third-order valence-electron chi connectivity index (χ3n) is 3.34. The third kappa shape index (κ3) is 6.52. The van der Waals surface area contributed by atoms with Gasteiger partial charge in [0.2, 0.25) is 5.91 Å². The van der Waals surface area contributed by atoms with Gasteiger partial charge in [0.15, 0.2) is 5.13 Å². The number of aryl methyl sites for hydroxylation is 1. The molecule has 2 N–H and O–H groups in total.